The van der Waals surface area contributed by atoms with E-state index in [9.17, 15) is 9.59 Å². The summed E-state index contributed by atoms with van der Waals surface area (Å²) in [6, 6.07) is 16.8. The fourth-order valence-corrected chi connectivity index (χ4v) is 3.27. The second-order valence-electron chi connectivity index (χ2n) is 7.85. The molecule has 0 aliphatic heterocycles. The molecule has 1 aromatic heterocycles. The predicted molar refractivity (Wildman–Crippen MR) is 124 cm³/mol. The van der Waals surface area contributed by atoms with Crippen LogP contribution in [0.4, 0.5) is 0 Å². The number of nitrogens with one attached hydrogen (secondary N) is 1. The SMILES string of the molecule is Cc1cc(=O)c(C(=O)NCc2ccccc2CN(C)C(C)C)nn1-c1ccc(Cl)cc1. The first-order chi connectivity index (χ1) is 14.8. The third kappa shape index (κ3) is 5.60. The van der Waals surface area contributed by atoms with E-state index in [1.807, 2.05) is 18.2 Å². The van der Waals surface area contributed by atoms with Gasteiger partial charge in [-0.2, -0.15) is 5.10 Å². The third-order valence-corrected chi connectivity index (χ3v) is 5.50. The number of nitrogens with zero attached hydrogens (tertiary/aromatic N) is 3. The van der Waals surface area contributed by atoms with E-state index in [1.165, 1.54) is 6.07 Å². The summed E-state index contributed by atoms with van der Waals surface area (Å²) in [5.74, 6) is -0.500. The number of aromatic nitrogens is 2. The third-order valence-electron chi connectivity index (χ3n) is 5.25. The summed E-state index contributed by atoms with van der Waals surface area (Å²) in [6.07, 6.45) is 0. The van der Waals surface area contributed by atoms with E-state index in [1.54, 1.807) is 35.9 Å². The predicted octanol–water partition coefficient (Wildman–Crippen LogP) is 3.96. The molecule has 0 saturated heterocycles. The molecule has 0 aliphatic rings. The van der Waals surface area contributed by atoms with Crippen molar-refractivity contribution >= 4 is 17.5 Å². The Labute approximate surface area is 187 Å². The zero-order valence-electron chi connectivity index (χ0n) is 18.2. The summed E-state index contributed by atoms with van der Waals surface area (Å²) in [7, 11) is 2.06. The first-order valence-electron chi connectivity index (χ1n) is 10.2. The van der Waals surface area contributed by atoms with Crippen molar-refractivity contribution < 1.29 is 4.79 Å². The van der Waals surface area contributed by atoms with Gasteiger partial charge in [0.05, 0.1) is 5.69 Å². The number of carbonyl (C=O) groups excluding carboxylic acids is 1. The molecular formula is C24H27ClN4O2. The molecule has 0 fully saturated rings. The van der Waals surface area contributed by atoms with Crippen molar-refractivity contribution in [3.8, 4) is 5.69 Å². The molecule has 3 aromatic rings. The lowest BCUT2D eigenvalue weighted by Gasteiger charge is -2.22. The van der Waals surface area contributed by atoms with Crippen LogP contribution in [-0.4, -0.2) is 33.7 Å². The Morgan fingerprint density at radius 2 is 1.77 bits per heavy atom. The van der Waals surface area contributed by atoms with E-state index >= 15 is 0 Å². The minimum atomic E-state index is -0.500. The van der Waals surface area contributed by atoms with Gasteiger partial charge in [-0.3, -0.25) is 14.5 Å². The minimum Gasteiger partial charge on any atom is -0.346 e. The van der Waals surface area contributed by atoms with E-state index in [0.29, 0.717) is 23.3 Å². The fourth-order valence-electron chi connectivity index (χ4n) is 3.14. The van der Waals surface area contributed by atoms with Crippen molar-refractivity contribution in [1.82, 2.24) is 20.0 Å². The van der Waals surface area contributed by atoms with Crippen molar-refractivity contribution in [1.29, 1.82) is 0 Å². The molecule has 0 saturated carbocycles. The summed E-state index contributed by atoms with van der Waals surface area (Å²) >= 11 is 5.96. The Morgan fingerprint density at radius 3 is 2.42 bits per heavy atom. The highest BCUT2D eigenvalue weighted by Crippen LogP contribution is 2.15. The van der Waals surface area contributed by atoms with Gasteiger partial charge in [-0.05, 0) is 63.2 Å². The molecule has 6 nitrogen and oxygen atoms in total. The zero-order chi connectivity index (χ0) is 22.5. The zero-order valence-corrected chi connectivity index (χ0v) is 19.0. The van der Waals surface area contributed by atoms with E-state index in [4.69, 9.17) is 11.6 Å². The lowest BCUT2D eigenvalue weighted by molar-refractivity contribution is 0.0942. The molecule has 7 heteroatoms. The quantitative estimate of drug-likeness (QED) is 0.606. The molecule has 1 heterocycles. The summed E-state index contributed by atoms with van der Waals surface area (Å²) in [5, 5.41) is 7.77. The molecule has 0 radical (unpaired) electrons. The van der Waals surface area contributed by atoms with Crippen molar-refractivity contribution in [2.45, 2.75) is 39.9 Å². The van der Waals surface area contributed by atoms with Crippen LogP contribution in [0.2, 0.25) is 5.02 Å². The maximum absolute atomic E-state index is 12.8. The van der Waals surface area contributed by atoms with Crippen LogP contribution in [-0.2, 0) is 13.1 Å². The maximum Gasteiger partial charge on any atom is 0.276 e. The molecule has 1 amide bonds. The van der Waals surface area contributed by atoms with Gasteiger partial charge in [0.15, 0.2) is 5.69 Å². The summed E-state index contributed by atoms with van der Waals surface area (Å²) in [5.41, 5.74) is 2.94. The highest BCUT2D eigenvalue weighted by molar-refractivity contribution is 6.30. The number of amides is 1. The van der Waals surface area contributed by atoms with Gasteiger partial charge < -0.3 is 5.32 Å². The molecule has 0 spiro atoms. The van der Waals surface area contributed by atoms with Crippen LogP contribution in [0, 0.1) is 6.92 Å². The van der Waals surface area contributed by atoms with E-state index < -0.39 is 11.3 Å². The molecule has 162 valence electrons. The van der Waals surface area contributed by atoms with Crippen LogP contribution in [0.25, 0.3) is 5.69 Å². The summed E-state index contributed by atoms with van der Waals surface area (Å²) < 4.78 is 1.57. The number of aryl methyl sites for hydroxylation is 1. The number of hydrogen-bond acceptors (Lipinski definition) is 4. The van der Waals surface area contributed by atoms with Crippen LogP contribution >= 0.6 is 11.6 Å². The minimum absolute atomic E-state index is 0.141. The van der Waals surface area contributed by atoms with E-state index in [0.717, 1.165) is 23.4 Å². The molecule has 0 bridgehead atoms. The van der Waals surface area contributed by atoms with Crippen LogP contribution in [0.1, 0.15) is 41.2 Å². The van der Waals surface area contributed by atoms with Gasteiger partial charge in [0.1, 0.15) is 0 Å². The number of halogens is 1. The van der Waals surface area contributed by atoms with Gasteiger partial charge in [-0.1, -0.05) is 35.9 Å². The normalized spacial score (nSPS) is 11.2. The fraction of sp³-hybridized carbons (Fsp3) is 0.292. The van der Waals surface area contributed by atoms with Gasteiger partial charge in [-0.15, -0.1) is 0 Å². The smallest absolute Gasteiger partial charge is 0.276 e. The monoisotopic (exact) mass is 438 g/mol. The van der Waals surface area contributed by atoms with Crippen molar-refractivity contribution in [2.75, 3.05) is 7.05 Å². The second-order valence-corrected chi connectivity index (χ2v) is 8.28. The Morgan fingerprint density at radius 1 is 1.13 bits per heavy atom. The first-order valence-corrected chi connectivity index (χ1v) is 10.6. The second kappa shape index (κ2) is 9.90. The van der Waals surface area contributed by atoms with Gasteiger partial charge in [-0.25, -0.2) is 4.68 Å². The highest BCUT2D eigenvalue weighted by Gasteiger charge is 2.16. The Hall–Kier alpha value is -2.96. The number of carbonyl (C=O) groups is 1. The number of hydrogen-bond donors (Lipinski definition) is 1. The lowest BCUT2D eigenvalue weighted by atomic mass is 10.1. The maximum atomic E-state index is 12.8. The van der Waals surface area contributed by atoms with E-state index in [2.05, 4.69) is 42.3 Å². The van der Waals surface area contributed by atoms with Crippen LogP contribution in [0.15, 0.2) is 59.4 Å². The van der Waals surface area contributed by atoms with Gasteiger partial charge in [0.2, 0.25) is 5.43 Å². The first kappa shape index (κ1) is 22.7. The molecule has 0 aliphatic carbocycles. The molecule has 2 aromatic carbocycles. The van der Waals surface area contributed by atoms with Crippen LogP contribution in [0.3, 0.4) is 0 Å². The van der Waals surface area contributed by atoms with Crippen molar-refractivity contribution in [3.63, 3.8) is 0 Å². The average molecular weight is 439 g/mol. The van der Waals surface area contributed by atoms with Gasteiger partial charge in [0, 0.05) is 35.9 Å². The van der Waals surface area contributed by atoms with Gasteiger partial charge >= 0.3 is 0 Å². The molecule has 0 atom stereocenters. The Balaban J connectivity index is 1.81. The van der Waals surface area contributed by atoms with Crippen LogP contribution < -0.4 is 10.7 Å². The van der Waals surface area contributed by atoms with Gasteiger partial charge in [0.25, 0.3) is 5.91 Å². The summed E-state index contributed by atoms with van der Waals surface area (Å²) in [4.78, 5) is 27.5. The Kier molecular flexibility index (Phi) is 7.25. The molecule has 1 N–H and O–H groups in total. The number of rotatable bonds is 7. The lowest BCUT2D eigenvalue weighted by Crippen LogP contribution is -2.32. The molecule has 0 unspecified atom stereocenters. The topological polar surface area (TPSA) is 67.2 Å². The van der Waals surface area contributed by atoms with Crippen LogP contribution in [0.5, 0.6) is 0 Å². The molecule has 31 heavy (non-hydrogen) atoms. The Bertz CT molecular complexity index is 1120. The average Bonchev–Trinajstić information content (AvgIpc) is 2.73. The van der Waals surface area contributed by atoms with Crippen molar-refractivity contribution in [3.05, 3.63) is 92.4 Å². The summed E-state index contributed by atoms with van der Waals surface area (Å²) in [6.45, 7) is 7.14. The molecule has 3 rings (SSSR count). The standard InChI is InChI=1S/C24H27ClN4O2/c1-16(2)28(4)15-19-8-6-5-7-18(19)14-26-24(31)23-22(30)13-17(3)29(27-23)21-11-9-20(25)10-12-21/h5-13,16H,14-15H2,1-4H3,(H,26,31). The van der Waals surface area contributed by atoms with E-state index in [-0.39, 0.29) is 5.69 Å². The number of benzene rings is 2. The highest BCUT2D eigenvalue weighted by atomic mass is 35.5. The molecular weight excluding hydrogens is 412 g/mol. The van der Waals surface area contributed by atoms with Crippen molar-refractivity contribution in [2.24, 2.45) is 0 Å². The largest absolute Gasteiger partial charge is 0.346 e.